The average Bonchev–Trinajstić information content (AvgIpc) is 3.84. The molecule has 0 saturated heterocycles. The lowest BCUT2D eigenvalue weighted by Crippen LogP contribution is -2.30. The molecule has 12 heteroatoms. The number of aromatic nitrogens is 3. The van der Waals surface area contributed by atoms with Gasteiger partial charge >= 0.3 is 11.9 Å². The molecule has 0 unspecified atom stereocenters. The van der Waals surface area contributed by atoms with Crippen molar-refractivity contribution in [1.29, 1.82) is 0 Å². The summed E-state index contributed by atoms with van der Waals surface area (Å²) >= 11 is 0. The maximum Gasteiger partial charge on any atom is 0.305 e. The fourth-order valence-electron chi connectivity index (χ4n) is 5.55. The Bertz CT molecular complexity index is 1990. The van der Waals surface area contributed by atoms with Crippen LogP contribution < -0.4 is 10.6 Å². The first-order valence-electron chi connectivity index (χ1n) is 16.4. The van der Waals surface area contributed by atoms with E-state index < -0.39 is 35.8 Å². The number of nitrogens with one attached hydrogen (secondary N) is 3. The second-order valence-electron chi connectivity index (χ2n) is 11.9. The predicted octanol–water partition coefficient (Wildman–Crippen LogP) is 6.93. The van der Waals surface area contributed by atoms with Gasteiger partial charge in [-0.3, -0.25) is 19.2 Å². The molecule has 5 N–H and O–H groups in total. The number of aromatic amines is 1. The molecule has 0 aliphatic carbocycles. The zero-order valence-corrected chi connectivity index (χ0v) is 28.4. The fraction of sp³-hybridized carbons (Fsp3) is 0.150. The summed E-state index contributed by atoms with van der Waals surface area (Å²) in [4.78, 5) is 54.8. The Balaban J connectivity index is 0.000000201. The first-order valence-corrected chi connectivity index (χ1v) is 16.4. The van der Waals surface area contributed by atoms with Crippen LogP contribution in [0.3, 0.4) is 0 Å². The molecule has 0 radical (unpaired) electrons. The third kappa shape index (κ3) is 9.66. The van der Waals surface area contributed by atoms with E-state index in [0.717, 1.165) is 33.4 Å². The molecule has 0 fully saturated rings. The Morgan fingerprint density at radius 1 is 0.673 bits per heavy atom. The molecule has 52 heavy (non-hydrogen) atoms. The van der Waals surface area contributed by atoms with E-state index in [4.69, 9.17) is 4.52 Å². The largest absolute Gasteiger partial charge is 0.481 e. The Labute approximate surface area is 299 Å². The Morgan fingerprint density at radius 2 is 1.15 bits per heavy atom. The molecule has 12 nitrogen and oxygen atoms in total. The number of rotatable bonds is 12. The summed E-state index contributed by atoms with van der Waals surface area (Å²) < 4.78 is 5.24. The van der Waals surface area contributed by atoms with Crippen molar-refractivity contribution in [3.63, 3.8) is 0 Å². The first-order chi connectivity index (χ1) is 25.1. The van der Waals surface area contributed by atoms with Crippen molar-refractivity contribution in [2.45, 2.75) is 38.8 Å². The maximum absolute atomic E-state index is 12.6. The van der Waals surface area contributed by atoms with E-state index in [1.165, 1.54) is 6.20 Å². The van der Waals surface area contributed by atoms with Gasteiger partial charge in [0, 0.05) is 17.2 Å². The van der Waals surface area contributed by atoms with Gasteiger partial charge in [-0.2, -0.15) is 0 Å². The van der Waals surface area contributed by atoms with E-state index in [2.05, 4.69) is 25.8 Å². The van der Waals surface area contributed by atoms with E-state index in [-0.39, 0.29) is 24.2 Å². The number of H-pyrrole nitrogens is 1. The van der Waals surface area contributed by atoms with Crippen LogP contribution in [0.2, 0.25) is 0 Å². The van der Waals surface area contributed by atoms with E-state index in [1.807, 2.05) is 117 Å². The van der Waals surface area contributed by atoms with Gasteiger partial charge < -0.3 is 30.4 Å². The topological polar surface area (TPSA) is 188 Å². The number of carbonyl (C=O) groups excluding carboxylic acids is 2. The number of benzene rings is 4. The highest BCUT2D eigenvalue weighted by Crippen LogP contribution is 2.24. The molecule has 2 atom stereocenters. The van der Waals surface area contributed by atoms with Crippen LogP contribution in [0.5, 0.6) is 0 Å². The second-order valence-corrected chi connectivity index (χ2v) is 11.9. The van der Waals surface area contributed by atoms with E-state index in [9.17, 15) is 29.4 Å². The number of aryl methyl sites for hydroxylation is 2. The molecule has 0 saturated carbocycles. The van der Waals surface area contributed by atoms with Crippen molar-refractivity contribution < 1.29 is 33.9 Å². The van der Waals surface area contributed by atoms with Crippen LogP contribution in [0, 0.1) is 13.8 Å². The monoisotopic (exact) mass is 699 g/mol. The zero-order valence-electron chi connectivity index (χ0n) is 28.4. The van der Waals surface area contributed by atoms with Crippen molar-refractivity contribution in [3.05, 3.63) is 155 Å². The van der Waals surface area contributed by atoms with Crippen LogP contribution in [0.4, 0.5) is 0 Å². The molecule has 4 aromatic carbocycles. The summed E-state index contributed by atoms with van der Waals surface area (Å²) in [5.41, 5.74) is 5.44. The predicted molar refractivity (Wildman–Crippen MR) is 193 cm³/mol. The molecular formula is C40H37N5O7. The molecule has 2 amide bonds. The number of carbonyl (C=O) groups is 4. The molecule has 6 aromatic rings. The van der Waals surface area contributed by atoms with Crippen molar-refractivity contribution in [2.75, 3.05) is 0 Å². The molecule has 0 bridgehead atoms. The van der Waals surface area contributed by atoms with E-state index in [1.54, 1.807) is 12.1 Å². The van der Waals surface area contributed by atoms with Gasteiger partial charge in [-0.05, 0) is 36.1 Å². The van der Waals surface area contributed by atoms with Crippen molar-refractivity contribution in [1.82, 2.24) is 25.8 Å². The van der Waals surface area contributed by atoms with Gasteiger partial charge in [0.1, 0.15) is 11.5 Å². The van der Waals surface area contributed by atoms with Crippen LogP contribution in [0.1, 0.15) is 68.2 Å². The number of hydrogen-bond acceptors (Lipinski definition) is 7. The molecule has 2 aromatic heterocycles. The minimum atomic E-state index is -0.997. The SMILES string of the molecule is Cc1ccccc1[C@H](CC(=O)O)NC(=O)c1cc(-c2ccccc2)on1.Cc1ccccc1[C@H](CC(=O)O)NC(=O)c1cnc(-c2ccccc2)[nH]1. The lowest BCUT2D eigenvalue weighted by atomic mass is 9.98. The van der Waals surface area contributed by atoms with Crippen LogP contribution in [-0.4, -0.2) is 49.1 Å². The minimum absolute atomic E-state index is 0.104. The second kappa shape index (κ2) is 17.2. The number of carboxylic acid groups (broad SMARTS) is 2. The lowest BCUT2D eigenvalue weighted by molar-refractivity contribution is -0.138. The summed E-state index contributed by atoms with van der Waals surface area (Å²) in [5.74, 6) is -1.79. The number of carboxylic acids is 2. The van der Waals surface area contributed by atoms with Crippen molar-refractivity contribution >= 4 is 23.8 Å². The van der Waals surface area contributed by atoms with Gasteiger partial charge in [-0.1, -0.05) is 114 Å². The van der Waals surface area contributed by atoms with Gasteiger partial charge in [0.2, 0.25) is 0 Å². The van der Waals surface area contributed by atoms with Gasteiger partial charge in [-0.25, -0.2) is 4.98 Å². The van der Waals surface area contributed by atoms with Gasteiger partial charge in [0.15, 0.2) is 11.5 Å². The Morgan fingerprint density at radius 3 is 1.67 bits per heavy atom. The number of hydrogen-bond donors (Lipinski definition) is 5. The third-order valence-corrected chi connectivity index (χ3v) is 8.16. The van der Waals surface area contributed by atoms with Crippen LogP contribution >= 0.6 is 0 Å². The normalized spacial score (nSPS) is 11.7. The van der Waals surface area contributed by atoms with Crippen LogP contribution in [0.15, 0.2) is 126 Å². The van der Waals surface area contributed by atoms with Gasteiger partial charge in [-0.15, -0.1) is 0 Å². The van der Waals surface area contributed by atoms with Crippen molar-refractivity contribution in [2.24, 2.45) is 0 Å². The van der Waals surface area contributed by atoms with E-state index in [0.29, 0.717) is 11.6 Å². The standard InChI is InChI=1S/C20H19N3O3.C20H18N2O4/c1-13-7-5-6-10-15(13)16(11-18(24)25)23-20(26)17-12-21-19(22-17)14-8-3-2-4-9-14;1-13-7-5-6-10-15(13)16(12-19(23)24)21-20(25)17-11-18(26-22-17)14-8-3-2-4-9-14/h2-10,12,16H,11H2,1H3,(H,21,22)(H,23,26)(H,24,25);2-11,16H,12H2,1H3,(H,21,25)(H,23,24)/t2*16-/m00/s1. The number of imidazole rings is 1. The highest BCUT2D eigenvalue weighted by Gasteiger charge is 2.23. The summed E-state index contributed by atoms with van der Waals surface area (Å²) in [6.07, 6.45) is 1.03. The van der Waals surface area contributed by atoms with E-state index >= 15 is 0 Å². The molecule has 6 rings (SSSR count). The molecule has 264 valence electrons. The number of aliphatic carboxylic acids is 2. The van der Waals surface area contributed by atoms with Crippen LogP contribution in [-0.2, 0) is 9.59 Å². The average molecular weight is 700 g/mol. The first kappa shape index (κ1) is 36.5. The van der Waals surface area contributed by atoms with Crippen molar-refractivity contribution in [3.8, 4) is 22.7 Å². The smallest absolute Gasteiger partial charge is 0.305 e. The number of nitrogens with zero attached hydrogens (tertiary/aromatic N) is 2. The highest BCUT2D eigenvalue weighted by atomic mass is 16.5. The molecule has 0 aliphatic rings. The molecule has 0 aliphatic heterocycles. The zero-order chi connectivity index (χ0) is 37.0. The Hall–Kier alpha value is -6.82. The van der Waals surface area contributed by atoms with Gasteiger partial charge in [0.05, 0.1) is 31.1 Å². The third-order valence-electron chi connectivity index (χ3n) is 8.16. The minimum Gasteiger partial charge on any atom is -0.481 e. The molecule has 0 spiro atoms. The van der Waals surface area contributed by atoms with Gasteiger partial charge in [0.25, 0.3) is 11.8 Å². The summed E-state index contributed by atoms with van der Waals surface area (Å²) in [7, 11) is 0. The van der Waals surface area contributed by atoms with Crippen LogP contribution in [0.25, 0.3) is 22.7 Å². The summed E-state index contributed by atoms with van der Waals surface area (Å²) in [6.45, 7) is 3.76. The summed E-state index contributed by atoms with van der Waals surface area (Å²) in [6, 6.07) is 33.8. The quantitative estimate of drug-likeness (QED) is 0.0903. The fourth-order valence-corrected chi connectivity index (χ4v) is 5.55. The molecule has 2 heterocycles. The molecular weight excluding hydrogens is 662 g/mol. The highest BCUT2D eigenvalue weighted by molar-refractivity contribution is 5.94. The lowest BCUT2D eigenvalue weighted by Gasteiger charge is -2.19. The maximum atomic E-state index is 12.6. The number of amides is 2. The summed E-state index contributed by atoms with van der Waals surface area (Å²) in [5, 5.41) is 27.7. The Kier molecular flexibility index (Phi) is 12.1.